The molecule has 0 saturated heterocycles. The first-order valence-corrected chi connectivity index (χ1v) is 2.70. The van der Waals surface area contributed by atoms with Crippen LogP contribution in [0.3, 0.4) is 0 Å². The Hall–Kier alpha value is -1.20. The molecule has 0 atom stereocenters. The van der Waals surface area contributed by atoms with Gasteiger partial charge in [0.05, 0.1) is 13.4 Å². The molecule has 0 bridgehead atoms. The van der Waals surface area contributed by atoms with Gasteiger partial charge in [-0.25, -0.2) is 4.98 Å². The summed E-state index contributed by atoms with van der Waals surface area (Å²) < 4.78 is 40.1. The van der Waals surface area contributed by atoms with Gasteiger partial charge >= 0.3 is 6.18 Å². The van der Waals surface area contributed by atoms with Crippen LogP contribution in [0.15, 0.2) is 6.33 Å². The molecule has 0 spiro atoms. The molecule has 0 saturated carbocycles. The monoisotopic (exact) mass is 166 g/mol. The number of halogens is 3. The minimum Gasteiger partial charge on any atom is -0.479 e. The summed E-state index contributed by atoms with van der Waals surface area (Å²) in [6.45, 7) is 0. The van der Waals surface area contributed by atoms with Gasteiger partial charge in [0.15, 0.2) is 5.69 Å². The highest BCUT2D eigenvalue weighted by molar-refractivity contribution is 5.20. The molecule has 1 aromatic rings. The number of ether oxygens (including phenoxy) is 1. The summed E-state index contributed by atoms with van der Waals surface area (Å²) in [6.07, 6.45) is -3.50. The summed E-state index contributed by atoms with van der Waals surface area (Å²) in [5.41, 5.74) is -0.958. The second kappa shape index (κ2) is 2.44. The molecule has 0 radical (unpaired) electrons. The molecular formula is C5H5F3N2O. The second-order valence-electron chi connectivity index (χ2n) is 1.78. The maximum Gasteiger partial charge on any atom is 0.436 e. The van der Waals surface area contributed by atoms with Crippen molar-refractivity contribution in [1.29, 1.82) is 0 Å². The Morgan fingerprint density at radius 1 is 1.55 bits per heavy atom. The number of methoxy groups -OCH3 is 1. The minimum atomic E-state index is -4.43. The number of nitrogens with zero attached hydrogens (tertiary/aromatic N) is 1. The lowest BCUT2D eigenvalue weighted by atomic mass is 10.4. The highest BCUT2D eigenvalue weighted by Crippen LogP contribution is 2.32. The van der Waals surface area contributed by atoms with Crippen molar-refractivity contribution in [3.8, 4) is 5.88 Å². The Morgan fingerprint density at radius 3 is 2.55 bits per heavy atom. The Balaban J connectivity index is 3.02. The van der Waals surface area contributed by atoms with Crippen molar-refractivity contribution in [3.05, 3.63) is 12.0 Å². The molecule has 0 aliphatic rings. The van der Waals surface area contributed by atoms with Crippen molar-refractivity contribution in [2.24, 2.45) is 0 Å². The van der Waals surface area contributed by atoms with Gasteiger partial charge in [0.25, 0.3) is 0 Å². The van der Waals surface area contributed by atoms with E-state index in [-0.39, 0.29) is 0 Å². The maximum absolute atomic E-state index is 11.9. The molecule has 11 heavy (non-hydrogen) atoms. The van der Waals surface area contributed by atoms with Gasteiger partial charge in [-0.2, -0.15) is 13.2 Å². The number of nitrogens with one attached hydrogen (secondary N) is 1. The van der Waals surface area contributed by atoms with Gasteiger partial charge < -0.3 is 9.72 Å². The Kier molecular flexibility index (Phi) is 1.76. The Bertz CT molecular complexity index is 242. The molecule has 1 rings (SSSR count). The van der Waals surface area contributed by atoms with E-state index in [0.29, 0.717) is 0 Å². The summed E-state index contributed by atoms with van der Waals surface area (Å²) in [6, 6.07) is 0. The van der Waals surface area contributed by atoms with Crippen molar-refractivity contribution >= 4 is 0 Å². The first kappa shape index (κ1) is 7.90. The SMILES string of the molecule is COc1nc[nH]c1C(F)(F)F. The molecule has 1 aromatic heterocycles. The van der Waals surface area contributed by atoms with Crippen LogP contribution in [-0.4, -0.2) is 17.1 Å². The predicted molar refractivity (Wildman–Crippen MR) is 30.1 cm³/mol. The lowest BCUT2D eigenvalue weighted by Gasteiger charge is -2.03. The normalized spacial score (nSPS) is 11.6. The van der Waals surface area contributed by atoms with E-state index in [9.17, 15) is 13.2 Å². The number of hydrogen-bond acceptors (Lipinski definition) is 2. The van der Waals surface area contributed by atoms with E-state index in [4.69, 9.17) is 0 Å². The zero-order valence-electron chi connectivity index (χ0n) is 5.57. The molecule has 0 unspecified atom stereocenters. The molecule has 0 amide bonds. The zero-order valence-corrected chi connectivity index (χ0v) is 5.57. The largest absolute Gasteiger partial charge is 0.479 e. The van der Waals surface area contributed by atoms with Gasteiger partial charge in [-0.15, -0.1) is 0 Å². The number of imidazole rings is 1. The molecule has 3 nitrogen and oxygen atoms in total. The van der Waals surface area contributed by atoms with Gasteiger partial charge in [0, 0.05) is 0 Å². The van der Waals surface area contributed by atoms with Crippen LogP contribution in [0, 0.1) is 0 Å². The Morgan fingerprint density at radius 2 is 2.18 bits per heavy atom. The topological polar surface area (TPSA) is 37.9 Å². The van der Waals surface area contributed by atoms with Crippen molar-refractivity contribution in [3.63, 3.8) is 0 Å². The molecule has 1 heterocycles. The molecule has 0 fully saturated rings. The third-order valence-corrected chi connectivity index (χ3v) is 1.08. The van der Waals surface area contributed by atoms with Crippen LogP contribution in [0.2, 0.25) is 0 Å². The molecule has 6 heteroatoms. The maximum atomic E-state index is 11.9. The number of aromatic amines is 1. The lowest BCUT2D eigenvalue weighted by Crippen LogP contribution is -2.07. The average molecular weight is 166 g/mol. The molecule has 0 aliphatic carbocycles. The first-order chi connectivity index (χ1) is 5.05. The summed E-state index contributed by atoms with van der Waals surface area (Å²) in [7, 11) is 1.13. The average Bonchev–Trinajstić information content (AvgIpc) is 2.31. The second-order valence-corrected chi connectivity index (χ2v) is 1.78. The smallest absolute Gasteiger partial charge is 0.436 e. The van der Waals surface area contributed by atoms with E-state index in [1.54, 1.807) is 0 Å². The summed E-state index contributed by atoms with van der Waals surface area (Å²) in [5.74, 6) is -0.433. The van der Waals surface area contributed by atoms with Crippen LogP contribution in [0.25, 0.3) is 0 Å². The third-order valence-electron chi connectivity index (χ3n) is 1.08. The van der Waals surface area contributed by atoms with Gasteiger partial charge in [-0.05, 0) is 0 Å². The van der Waals surface area contributed by atoms with Crippen LogP contribution in [0.1, 0.15) is 5.69 Å². The summed E-state index contributed by atoms with van der Waals surface area (Å²) in [5, 5.41) is 0. The van der Waals surface area contributed by atoms with Crippen LogP contribution >= 0.6 is 0 Å². The summed E-state index contributed by atoms with van der Waals surface area (Å²) >= 11 is 0. The van der Waals surface area contributed by atoms with E-state index >= 15 is 0 Å². The van der Waals surface area contributed by atoms with Crippen LogP contribution < -0.4 is 4.74 Å². The lowest BCUT2D eigenvalue weighted by molar-refractivity contribution is -0.142. The fourth-order valence-electron chi connectivity index (χ4n) is 0.640. The van der Waals surface area contributed by atoms with Crippen molar-refractivity contribution < 1.29 is 17.9 Å². The van der Waals surface area contributed by atoms with E-state index in [0.717, 1.165) is 13.4 Å². The number of rotatable bonds is 1. The number of alkyl halides is 3. The molecule has 0 aromatic carbocycles. The van der Waals surface area contributed by atoms with E-state index in [1.807, 2.05) is 4.98 Å². The fourth-order valence-corrected chi connectivity index (χ4v) is 0.640. The van der Waals surface area contributed by atoms with Gasteiger partial charge in [-0.1, -0.05) is 0 Å². The van der Waals surface area contributed by atoms with Crippen LogP contribution in [0.4, 0.5) is 13.2 Å². The molecular weight excluding hydrogens is 161 g/mol. The fraction of sp³-hybridized carbons (Fsp3) is 0.400. The number of aromatic nitrogens is 2. The number of hydrogen-bond donors (Lipinski definition) is 1. The zero-order chi connectivity index (χ0) is 8.48. The number of H-pyrrole nitrogens is 1. The third kappa shape index (κ3) is 1.44. The quantitative estimate of drug-likeness (QED) is 0.685. The van der Waals surface area contributed by atoms with E-state index in [2.05, 4.69) is 9.72 Å². The highest BCUT2D eigenvalue weighted by Gasteiger charge is 2.36. The van der Waals surface area contributed by atoms with E-state index < -0.39 is 17.8 Å². The van der Waals surface area contributed by atoms with Gasteiger partial charge in [-0.3, -0.25) is 0 Å². The standard InChI is InChI=1S/C5H5F3N2O/c1-11-4-3(5(6,7)8)9-2-10-4/h2H,1H3,(H,9,10). The van der Waals surface area contributed by atoms with Crippen molar-refractivity contribution in [1.82, 2.24) is 9.97 Å². The van der Waals surface area contributed by atoms with Gasteiger partial charge in [0.2, 0.25) is 5.88 Å². The first-order valence-electron chi connectivity index (χ1n) is 2.70. The molecule has 0 aliphatic heterocycles. The predicted octanol–water partition coefficient (Wildman–Crippen LogP) is 1.44. The molecule has 62 valence electrons. The summed E-state index contributed by atoms with van der Waals surface area (Å²) in [4.78, 5) is 5.24. The highest BCUT2D eigenvalue weighted by atomic mass is 19.4. The van der Waals surface area contributed by atoms with Crippen LogP contribution in [0.5, 0.6) is 5.88 Å². The van der Waals surface area contributed by atoms with Crippen LogP contribution in [-0.2, 0) is 6.18 Å². The minimum absolute atomic E-state index is 0.433. The Labute approximate surface area is 60.2 Å². The van der Waals surface area contributed by atoms with Crippen molar-refractivity contribution in [2.45, 2.75) is 6.18 Å². The molecule has 1 N–H and O–H groups in total. The van der Waals surface area contributed by atoms with Gasteiger partial charge in [0.1, 0.15) is 0 Å². The van der Waals surface area contributed by atoms with E-state index in [1.165, 1.54) is 0 Å². The van der Waals surface area contributed by atoms with Crippen molar-refractivity contribution in [2.75, 3.05) is 7.11 Å².